The third kappa shape index (κ3) is 2.56. The standard InChI is InChI=1S/C11H16ClNO2S/c1-3-13(4-2)16(14,15)11-8-6-5-7-10(11)9-12/h5-8H,3-4,9H2,1-2H3. The molecule has 0 aromatic heterocycles. The topological polar surface area (TPSA) is 37.4 Å². The lowest BCUT2D eigenvalue weighted by Gasteiger charge is -2.19. The molecule has 0 saturated carbocycles. The van der Waals surface area contributed by atoms with Crippen LogP contribution in [-0.2, 0) is 15.9 Å². The van der Waals surface area contributed by atoms with Crippen molar-refractivity contribution in [3.8, 4) is 0 Å². The molecule has 0 unspecified atom stereocenters. The summed E-state index contributed by atoms with van der Waals surface area (Å²) in [7, 11) is -3.40. The van der Waals surface area contributed by atoms with Gasteiger partial charge >= 0.3 is 0 Å². The molecule has 0 aliphatic carbocycles. The number of benzene rings is 1. The minimum atomic E-state index is -3.40. The van der Waals surface area contributed by atoms with Gasteiger partial charge < -0.3 is 0 Å². The lowest BCUT2D eigenvalue weighted by atomic mass is 10.2. The summed E-state index contributed by atoms with van der Waals surface area (Å²) in [6.45, 7) is 4.58. The van der Waals surface area contributed by atoms with E-state index in [1.165, 1.54) is 4.31 Å². The first-order valence-electron chi connectivity index (χ1n) is 5.21. The maximum Gasteiger partial charge on any atom is 0.243 e. The molecule has 5 heteroatoms. The van der Waals surface area contributed by atoms with Crippen molar-refractivity contribution in [1.82, 2.24) is 4.31 Å². The third-order valence-electron chi connectivity index (χ3n) is 2.44. The van der Waals surface area contributed by atoms with Gasteiger partial charge in [-0.3, -0.25) is 0 Å². The summed E-state index contributed by atoms with van der Waals surface area (Å²) in [6.07, 6.45) is 0. The second kappa shape index (κ2) is 5.66. The van der Waals surface area contributed by atoms with Crippen molar-refractivity contribution < 1.29 is 8.42 Å². The first-order chi connectivity index (χ1) is 7.57. The SMILES string of the molecule is CCN(CC)S(=O)(=O)c1ccccc1CCl. The Morgan fingerprint density at radius 2 is 1.75 bits per heavy atom. The predicted molar refractivity (Wildman–Crippen MR) is 66.1 cm³/mol. The maximum absolute atomic E-state index is 12.2. The highest BCUT2D eigenvalue weighted by Crippen LogP contribution is 2.21. The predicted octanol–water partition coefficient (Wildman–Crippen LogP) is 2.46. The van der Waals surface area contributed by atoms with Gasteiger partial charge in [0.2, 0.25) is 10.0 Å². The lowest BCUT2D eigenvalue weighted by Crippen LogP contribution is -2.31. The molecule has 90 valence electrons. The van der Waals surface area contributed by atoms with Crippen LogP contribution in [0, 0.1) is 0 Å². The van der Waals surface area contributed by atoms with E-state index < -0.39 is 10.0 Å². The van der Waals surface area contributed by atoms with Crippen molar-refractivity contribution in [2.75, 3.05) is 13.1 Å². The van der Waals surface area contributed by atoms with Crippen LogP contribution in [0.15, 0.2) is 29.2 Å². The highest BCUT2D eigenvalue weighted by atomic mass is 35.5. The van der Waals surface area contributed by atoms with Gasteiger partial charge in [0, 0.05) is 19.0 Å². The summed E-state index contributed by atoms with van der Waals surface area (Å²) in [4.78, 5) is 0.314. The summed E-state index contributed by atoms with van der Waals surface area (Å²) in [5.41, 5.74) is 0.649. The highest BCUT2D eigenvalue weighted by molar-refractivity contribution is 7.89. The molecule has 1 aromatic rings. The maximum atomic E-state index is 12.2. The molecule has 0 N–H and O–H groups in total. The van der Waals surface area contributed by atoms with Crippen molar-refractivity contribution in [1.29, 1.82) is 0 Å². The highest BCUT2D eigenvalue weighted by Gasteiger charge is 2.23. The van der Waals surface area contributed by atoms with E-state index in [0.29, 0.717) is 23.5 Å². The molecule has 0 heterocycles. The zero-order valence-corrected chi connectivity index (χ0v) is 11.1. The molecule has 3 nitrogen and oxygen atoms in total. The summed E-state index contributed by atoms with van der Waals surface area (Å²) in [5, 5.41) is 0. The third-order valence-corrected chi connectivity index (χ3v) is 4.88. The molecule has 1 aromatic carbocycles. The van der Waals surface area contributed by atoms with Gasteiger partial charge in [0.1, 0.15) is 0 Å². The Bertz CT molecular complexity index is 441. The average Bonchev–Trinajstić information content (AvgIpc) is 2.30. The molecule has 0 aliphatic heterocycles. The molecule has 16 heavy (non-hydrogen) atoms. The van der Waals surface area contributed by atoms with Crippen molar-refractivity contribution in [2.45, 2.75) is 24.6 Å². The second-order valence-electron chi connectivity index (χ2n) is 3.33. The van der Waals surface area contributed by atoms with Gasteiger partial charge in [-0.2, -0.15) is 4.31 Å². The largest absolute Gasteiger partial charge is 0.243 e. The van der Waals surface area contributed by atoms with Crippen LogP contribution in [0.3, 0.4) is 0 Å². The summed E-state index contributed by atoms with van der Waals surface area (Å²) < 4.78 is 25.9. The van der Waals surface area contributed by atoms with Crippen molar-refractivity contribution in [3.63, 3.8) is 0 Å². The summed E-state index contributed by atoms with van der Waals surface area (Å²) in [6, 6.07) is 6.85. The number of nitrogens with zero attached hydrogens (tertiary/aromatic N) is 1. The van der Waals surface area contributed by atoms with E-state index >= 15 is 0 Å². The van der Waals surface area contributed by atoms with E-state index in [2.05, 4.69) is 0 Å². The fourth-order valence-corrected chi connectivity index (χ4v) is 3.56. The molecule has 0 spiro atoms. The molecule has 0 radical (unpaired) electrons. The number of hydrogen-bond donors (Lipinski definition) is 0. The number of sulfonamides is 1. The normalized spacial score (nSPS) is 12.0. The fraction of sp³-hybridized carbons (Fsp3) is 0.455. The summed E-state index contributed by atoms with van der Waals surface area (Å²) in [5.74, 6) is 0.205. The monoisotopic (exact) mass is 261 g/mol. The number of alkyl halides is 1. The quantitative estimate of drug-likeness (QED) is 0.764. The number of hydrogen-bond acceptors (Lipinski definition) is 2. The van der Waals surface area contributed by atoms with Crippen LogP contribution in [0.4, 0.5) is 0 Å². The second-order valence-corrected chi connectivity index (χ2v) is 5.50. The van der Waals surface area contributed by atoms with Crippen LogP contribution >= 0.6 is 11.6 Å². The fourth-order valence-electron chi connectivity index (χ4n) is 1.57. The van der Waals surface area contributed by atoms with Gasteiger partial charge in [0.25, 0.3) is 0 Å². The van der Waals surface area contributed by atoms with Crippen LogP contribution in [0.1, 0.15) is 19.4 Å². The van der Waals surface area contributed by atoms with Gasteiger partial charge in [0.15, 0.2) is 0 Å². The average molecular weight is 262 g/mol. The van der Waals surface area contributed by atoms with Crippen LogP contribution in [0.2, 0.25) is 0 Å². The summed E-state index contributed by atoms with van der Waals surface area (Å²) >= 11 is 5.75. The van der Waals surface area contributed by atoms with Crippen molar-refractivity contribution in [2.24, 2.45) is 0 Å². The minimum Gasteiger partial charge on any atom is -0.207 e. The Labute approximate surface area is 102 Å². The Morgan fingerprint density at radius 3 is 2.25 bits per heavy atom. The Hall–Kier alpha value is -0.580. The molecule has 0 fully saturated rings. The van der Waals surface area contributed by atoms with Gasteiger partial charge in [-0.05, 0) is 11.6 Å². The first-order valence-corrected chi connectivity index (χ1v) is 7.19. The van der Waals surface area contributed by atoms with Crippen LogP contribution in [0.25, 0.3) is 0 Å². The Balaban J connectivity index is 3.26. The molecule has 0 bridgehead atoms. The molecule has 0 amide bonds. The molecular weight excluding hydrogens is 246 g/mol. The number of halogens is 1. The van der Waals surface area contributed by atoms with E-state index in [0.717, 1.165) is 0 Å². The van der Waals surface area contributed by atoms with Crippen LogP contribution in [0.5, 0.6) is 0 Å². The first kappa shape index (κ1) is 13.5. The molecule has 1 rings (SSSR count). The van der Waals surface area contributed by atoms with E-state index in [9.17, 15) is 8.42 Å². The van der Waals surface area contributed by atoms with E-state index in [-0.39, 0.29) is 5.88 Å². The molecule has 0 atom stereocenters. The van der Waals surface area contributed by atoms with E-state index in [1.807, 2.05) is 13.8 Å². The minimum absolute atomic E-state index is 0.205. The van der Waals surface area contributed by atoms with Crippen LogP contribution < -0.4 is 0 Å². The van der Waals surface area contributed by atoms with Crippen molar-refractivity contribution in [3.05, 3.63) is 29.8 Å². The van der Waals surface area contributed by atoms with Crippen molar-refractivity contribution >= 4 is 21.6 Å². The molecule has 0 aliphatic rings. The Morgan fingerprint density at radius 1 is 1.19 bits per heavy atom. The van der Waals surface area contributed by atoms with E-state index in [4.69, 9.17) is 11.6 Å². The van der Waals surface area contributed by atoms with Crippen LogP contribution in [-0.4, -0.2) is 25.8 Å². The zero-order valence-electron chi connectivity index (χ0n) is 9.48. The number of rotatable bonds is 5. The van der Waals surface area contributed by atoms with Gasteiger partial charge in [-0.1, -0.05) is 32.0 Å². The Kier molecular flexibility index (Phi) is 4.77. The van der Waals surface area contributed by atoms with Gasteiger partial charge in [0.05, 0.1) is 4.90 Å². The van der Waals surface area contributed by atoms with Gasteiger partial charge in [-0.15, -0.1) is 11.6 Å². The smallest absolute Gasteiger partial charge is 0.207 e. The lowest BCUT2D eigenvalue weighted by molar-refractivity contribution is 0.445. The zero-order chi connectivity index (χ0) is 12.2. The molecule has 0 saturated heterocycles. The van der Waals surface area contributed by atoms with E-state index in [1.54, 1.807) is 24.3 Å². The van der Waals surface area contributed by atoms with Gasteiger partial charge in [-0.25, -0.2) is 8.42 Å². The molecular formula is C11H16ClNO2S.